The van der Waals surface area contributed by atoms with Gasteiger partial charge in [0.15, 0.2) is 0 Å². The number of nitrogens with two attached hydrogens (primary N) is 1. The van der Waals surface area contributed by atoms with Crippen molar-refractivity contribution in [3.63, 3.8) is 0 Å². The first-order valence-electron chi connectivity index (χ1n) is 7.54. The van der Waals surface area contributed by atoms with E-state index in [1.807, 2.05) is 0 Å². The lowest BCUT2D eigenvalue weighted by Gasteiger charge is -2.17. The molecule has 1 aromatic carbocycles. The lowest BCUT2D eigenvalue weighted by molar-refractivity contribution is 0.0770. The lowest BCUT2D eigenvalue weighted by atomic mass is 10.2. The van der Waals surface area contributed by atoms with Gasteiger partial charge in [-0.05, 0) is 30.3 Å². The molecular formula is C16H16FN3O4S. The van der Waals surface area contributed by atoms with Gasteiger partial charge in [-0.1, -0.05) is 6.07 Å². The van der Waals surface area contributed by atoms with Crippen LogP contribution in [-0.4, -0.2) is 43.4 Å². The molecule has 0 saturated carbocycles. The summed E-state index contributed by atoms with van der Waals surface area (Å²) < 4.78 is 41.2. The van der Waals surface area contributed by atoms with Crippen LogP contribution in [0.25, 0.3) is 0 Å². The largest absolute Gasteiger partial charge is 0.472 e. The smallest absolute Gasteiger partial charge is 0.253 e. The number of hydrogen-bond donors (Lipinski definition) is 1. The number of halogens is 1. The molecule has 0 spiro atoms. The SMILES string of the molecule is NS(=O)(=O)c1ccc(C(=O)N2CCC(Oc3cccc(F)n3)C2)cc1. The van der Waals surface area contributed by atoms with E-state index in [0.717, 1.165) is 0 Å². The number of carbonyl (C=O) groups excluding carboxylic acids is 1. The number of rotatable bonds is 4. The van der Waals surface area contributed by atoms with Crippen LogP contribution in [0.15, 0.2) is 47.4 Å². The molecule has 1 atom stereocenters. The molecule has 2 aromatic rings. The molecule has 1 unspecified atom stereocenters. The van der Waals surface area contributed by atoms with Crippen molar-refractivity contribution >= 4 is 15.9 Å². The summed E-state index contributed by atoms with van der Waals surface area (Å²) in [6.45, 7) is 0.823. The minimum absolute atomic E-state index is 0.0520. The van der Waals surface area contributed by atoms with E-state index in [-0.39, 0.29) is 22.8 Å². The average molecular weight is 365 g/mol. The van der Waals surface area contributed by atoms with Crippen molar-refractivity contribution in [1.82, 2.24) is 9.88 Å². The third-order valence-electron chi connectivity index (χ3n) is 3.84. The number of likely N-dealkylation sites (tertiary alicyclic amines) is 1. The first-order chi connectivity index (χ1) is 11.8. The van der Waals surface area contributed by atoms with Crippen LogP contribution in [0.3, 0.4) is 0 Å². The molecule has 1 saturated heterocycles. The minimum atomic E-state index is -3.79. The van der Waals surface area contributed by atoms with Crippen molar-refractivity contribution in [3.8, 4) is 5.88 Å². The van der Waals surface area contributed by atoms with E-state index >= 15 is 0 Å². The molecule has 2 heterocycles. The van der Waals surface area contributed by atoms with Gasteiger partial charge in [-0.25, -0.2) is 13.6 Å². The third kappa shape index (κ3) is 4.12. The molecule has 1 amide bonds. The monoisotopic (exact) mass is 365 g/mol. The maximum atomic E-state index is 13.1. The molecule has 0 bridgehead atoms. The van der Waals surface area contributed by atoms with Crippen LogP contribution in [0, 0.1) is 5.95 Å². The Morgan fingerprint density at radius 2 is 1.96 bits per heavy atom. The van der Waals surface area contributed by atoms with E-state index in [9.17, 15) is 17.6 Å². The van der Waals surface area contributed by atoms with Crippen molar-refractivity contribution in [1.29, 1.82) is 0 Å². The van der Waals surface area contributed by atoms with Gasteiger partial charge in [0.25, 0.3) is 5.91 Å². The van der Waals surface area contributed by atoms with Gasteiger partial charge < -0.3 is 9.64 Å². The number of nitrogens with zero attached hydrogens (tertiary/aromatic N) is 2. The predicted octanol–water partition coefficient (Wildman–Crippen LogP) is 1.16. The predicted molar refractivity (Wildman–Crippen MR) is 86.9 cm³/mol. The van der Waals surface area contributed by atoms with Gasteiger partial charge in [-0.3, -0.25) is 4.79 Å². The topological polar surface area (TPSA) is 103 Å². The second kappa shape index (κ2) is 6.77. The summed E-state index contributed by atoms with van der Waals surface area (Å²) in [4.78, 5) is 17.7. The van der Waals surface area contributed by atoms with E-state index in [0.29, 0.717) is 25.1 Å². The van der Waals surface area contributed by atoms with Gasteiger partial charge in [-0.15, -0.1) is 0 Å². The quantitative estimate of drug-likeness (QED) is 0.819. The van der Waals surface area contributed by atoms with Crippen LogP contribution >= 0.6 is 0 Å². The molecule has 132 valence electrons. The van der Waals surface area contributed by atoms with Gasteiger partial charge >= 0.3 is 0 Å². The van der Waals surface area contributed by atoms with E-state index < -0.39 is 16.0 Å². The normalized spacial score (nSPS) is 17.5. The zero-order valence-electron chi connectivity index (χ0n) is 13.1. The van der Waals surface area contributed by atoms with Crippen LogP contribution in [0.4, 0.5) is 4.39 Å². The third-order valence-corrected chi connectivity index (χ3v) is 4.77. The number of sulfonamides is 1. The molecular weight excluding hydrogens is 349 g/mol. The Morgan fingerprint density at radius 1 is 1.24 bits per heavy atom. The van der Waals surface area contributed by atoms with E-state index in [1.165, 1.54) is 36.4 Å². The van der Waals surface area contributed by atoms with Crippen molar-refractivity contribution in [2.45, 2.75) is 17.4 Å². The molecule has 1 aliphatic rings. The summed E-state index contributed by atoms with van der Waals surface area (Å²) in [5, 5.41) is 5.03. The summed E-state index contributed by atoms with van der Waals surface area (Å²) in [5.74, 6) is -0.686. The number of hydrogen-bond acceptors (Lipinski definition) is 5. The Kier molecular flexibility index (Phi) is 4.69. The zero-order chi connectivity index (χ0) is 18.0. The zero-order valence-corrected chi connectivity index (χ0v) is 13.9. The van der Waals surface area contributed by atoms with Crippen molar-refractivity contribution in [2.75, 3.05) is 13.1 Å². The number of primary sulfonamides is 1. The molecule has 0 radical (unpaired) electrons. The van der Waals surface area contributed by atoms with Crippen LogP contribution in [-0.2, 0) is 10.0 Å². The van der Waals surface area contributed by atoms with E-state index in [1.54, 1.807) is 11.0 Å². The van der Waals surface area contributed by atoms with Gasteiger partial charge in [0.2, 0.25) is 21.9 Å². The van der Waals surface area contributed by atoms with Crippen molar-refractivity contribution < 1.29 is 22.3 Å². The average Bonchev–Trinajstić information content (AvgIpc) is 3.02. The Morgan fingerprint density at radius 3 is 2.60 bits per heavy atom. The summed E-state index contributed by atoms with van der Waals surface area (Å²) in [5.41, 5.74) is 0.358. The second-order valence-corrected chi connectivity index (χ2v) is 7.21. The molecule has 1 aliphatic heterocycles. The fraction of sp³-hybridized carbons (Fsp3) is 0.250. The number of carbonyl (C=O) groups is 1. The number of pyridine rings is 1. The number of aromatic nitrogens is 1. The minimum Gasteiger partial charge on any atom is -0.472 e. The maximum absolute atomic E-state index is 13.1. The molecule has 25 heavy (non-hydrogen) atoms. The summed E-state index contributed by atoms with van der Waals surface area (Å²) in [6.07, 6.45) is 0.320. The fourth-order valence-electron chi connectivity index (χ4n) is 2.60. The molecule has 1 aromatic heterocycles. The Balaban J connectivity index is 1.64. The highest BCUT2D eigenvalue weighted by atomic mass is 32.2. The van der Waals surface area contributed by atoms with E-state index in [4.69, 9.17) is 9.88 Å². The second-order valence-electron chi connectivity index (χ2n) is 5.65. The number of ether oxygens (including phenoxy) is 1. The fourth-order valence-corrected chi connectivity index (χ4v) is 3.12. The van der Waals surface area contributed by atoms with E-state index in [2.05, 4.69) is 4.98 Å². The Labute approximate surface area is 144 Å². The Hall–Kier alpha value is -2.52. The molecule has 7 nitrogen and oxygen atoms in total. The number of amides is 1. The van der Waals surface area contributed by atoms with Crippen molar-refractivity contribution in [2.24, 2.45) is 5.14 Å². The summed E-state index contributed by atoms with van der Waals surface area (Å²) in [6, 6.07) is 9.71. The standard InChI is InChI=1S/C16H16FN3O4S/c17-14-2-1-3-15(19-14)24-12-8-9-20(10-12)16(21)11-4-6-13(7-5-11)25(18,22)23/h1-7,12H,8-10H2,(H2,18,22,23). The number of benzene rings is 1. The first kappa shape index (κ1) is 17.3. The molecule has 1 fully saturated rings. The van der Waals surface area contributed by atoms with Gasteiger partial charge in [0, 0.05) is 24.6 Å². The van der Waals surface area contributed by atoms with Gasteiger partial charge in [0.1, 0.15) is 6.10 Å². The highest BCUT2D eigenvalue weighted by Gasteiger charge is 2.28. The Bertz CT molecular complexity index is 887. The first-order valence-corrected chi connectivity index (χ1v) is 9.09. The lowest BCUT2D eigenvalue weighted by Crippen LogP contribution is -2.31. The molecule has 2 N–H and O–H groups in total. The summed E-state index contributed by atoms with van der Waals surface area (Å²) >= 11 is 0. The molecule has 0 aliphatic carbocycles. The van der Waals surface area contributed by atoms with Crippen LogP contribution in [0.5, 0.6) is 5.88 Å². The highest BCUT2D eigenvalue weighted by molar-refractivity contribution is 7.89. The van der Waals surface area contributed by atoms with Gasteiger partial charge in [0.05, 0.1) is 11.4 Å². The molecule has 3 rings (SSSR count). The van der Waals surface area contributed by atoms with Crippen LogP contribution in [0.2, 0.25) is 0 Å². The van der Waals surface area contributed by atoms with Crippen LogP contribution in [0.1, 0.15) is 16.8 Å². The summed E-state index contributed by atoms with van der Waals surface area (Å²) in [7, 11) is -3.79. The maximum Gasteiger partial charge on any atom is 0.253 e. The molecule has 9 heteroatoms. The van der Waals surface area contributed by atoms with Crippen molar-refractivity contribution in [3.05, 3.63) is 54.0 Å². The van der Waals surface area contributed by atoms with Crippen LogP contribution < -0.4 is 9.88 Å². The highest BCUT2D eigenvalue weighted by Crippen LogP contribution is 2.19. The van der Waals surface area contributed by atoms with Gasteiger partial charge in [-0.2, -0.15) is 9.37 Å².